The fraction of sp³-hybridized carbons (Fsp3) is 0.625. The van der Waals surface area contributed by atoms with Crippen LogP contribution in [-0.4, -0.2) is 26.4 Å². The summed E-state index contributed by atoms with van der Waals surface area (Å²) >= 11 is 0. The second-order valence-electron chi connectivity index (χ2n) is 5.21. The SMILES string of the molecule is CCCOc1ccc(C(NC)C2CCOC2C)cc1. The molecule has 0 amide bonds. The fourth-order valence-electron chi connectivity index (χ4n) is 2.81. The van der Waals surface area contributed by atoms with Gasteiger partial charge in [-0.1, -0.05) is 19.1 Å². The van der Waals surface area contributed by atoms with Crippen LogP contribution in [0.5, 0.6) is 5.75 Å². The maximum Gasteiger partial charge on any atom is 0.119 e. The highest BCUT2D eigenvalue weighted by Crippen LogP contribution is 2.33. The smallest absolute Gasteiger partial charge is 0.119 e. The second-order valence-corrected chi connectivity index (χ2v) is 5.21. The molecule has 1 saturated heterocycles. The van der Waals surface area contributed by atoms with E-state index in [1.165, 1.54) is 5.56 Å². The van der Waals surface area contributed by atoms with Gasteiger partial charge in [-0.25, -0.2) is 0 Å². The van der Waals surface area contributed by atoms with Crippen molar-refractivity contribution in [1.29, 1.82) is 0 Å². The van der Waals surface area contributed by atoms with Crippen molar-refractivity contribution in [1.82, 2.24) is 5.32 Å². The molecule has 0 spiro atoms. The quantitative estimate of drug-likeness (QED) is 0.855. The number of ether oxygens (including phenoxy) is 2. The van der Waals surface area contributed by atoms with Crippen LogP contribution in [0.15, 0.2) is 24.3 Å². The highest BCUT2D eigenvalue weighted by molar-refractivity contribution is 5.29. The van der Waals surface area contributed by atoms with Crippen LogP contribution in [0.1, 0.15) is 38.3 Å². The number of benzene rings is 1. The molecule has 0 aliphatic carbocycles. The van der Waals surface area contributed by atoms with Crippen LogP contribution in [0.3, 0.4) is 0 Å². The van der Waals surface area contributed by atoms with Gasteiger partial charge < -0.3 is 14.8 Å². The van der Waals surface area contributed by atoms with Gasteiger partial charge in [0.15, 0.2) is 0 Å². The van der Waals surface area contributed by atoms with Gasteiger partial charge in [-0.05, 0) is 44.5 Å². The summed E-state index contributed by atoms with van der Waals surface area (Å²) in [6.07, 6.45) is 2.49. The van der Waals surface area contributed by atoms with Crippen molar-refractivity contribution in [3.05, 3.63) is 29.8 Å². The van der Waals surface area contributed by atoms with Gasteiger partial charge in [-0.3, -0.25) is 0 Å². The van der Waals surface area contributed by atoms with Gasteiger partial charge >= 0.3 is 0 Å². The van der Waals surface area contributed by atoms with E-state index in [1.54, 1.807) is 0 Å². The van der Waals surface area contributed by atoms with Crippen molar-refractivity contribution in [2.45, 2.75) is 38.8 Å². The molecule has 1 aliphatic rings. The molecule has 1 aromatic rings. The summed E-state index contributed by atoms with van der Waals surface area (Å²) in [5, 5.41) is 3.43. The van der Waals surface area contributed by atoms with Gasteiger partial charge in [0.2, 0.25) is 0 Å². The standard InChI is InChI=1S/C16H25NO2/c1-4-10-19-14-7-5-13(6-8-14)16(17-3)15-9-11-18-12(15)2/h5-8,12,15-17H,4,9-11H2,1-3H3. The molecule has 3 heteroatoms. The largest absolute Gasteiger partial charge is 0.494 e. The van der Waals surface area contributed by atoms with Gasteiger partial charge in [-0.15, -0.1) is 0 Å². The van der Waals surface area contributed by atoms with Gasteiger partial charge in [0, 0.05) is 18.6 Å². The van der Waals surface area contributed by atoms with E-state index < -0.39 is 0 Å². The van der Waals surface area contributed by atoms with Crippen LogP contribution in [-0.2, 0) is 4.74 Å². The van der Waals surface area contributed by atoms with Crippen LogP contribution < -0.4 is 10.1 Å². The van der Waals surface area contributed by atoms with Crippen LogP contribution in [0.4, 0.5) is 0 Å². The molecule has 3 nitrogen and oxygen atoms in total. The lowest BCUT2D eigenvalue weighted by molar-refractivity contribution is 0.0963. The van der Waals surface area contributed by atoms with Crippen molar-refractivity contribution in [2.75, 3.05) is 20.3 Å². The Labute approximate surface area is 116 Å². The molecule has 3 atom stereocenters. The van der Waals surface area contributed by atoms with E-state index >= 15 is 0 Å². The first kappa shape index (κ1) is 14.4. The number of nitrogens with one attached hydrogen (secondary N) is 1. The summed E-state index contributed by atoms with van der Waals surface area (Å²) in [6.45, 7) is 5.94. The highest BCUT2D eigenvalue weighted by Gasteiger charge is 2.31. The molecule has 1 heterocycles. The molecule has 1 fully saturated rings. The zero-order valence-corrected chi connectivity index (χ0v) is 12.2. The van der Waals surface area contributed by atoms with Gasteiger partial charge in [0.1, 0.15) is 5.75 Å². The van der Waals surface area contributed by atoms with E-state index in [0.717, 1.165) is 31.8 Å². The lowest BCUT2D eigenvalue weighted by Crippen LogP contribution is -2.29. The van der Waals surface area contributed by atoms with E-state index in [0.29, 0.717) is 18.1 Å². The van der Waals surface area contributed by atoms with Crippen molar-refractivity contribution in [3.8, 4) is 5.75 Å². The van der Waals surface area contributed by atoms with Crippen LogP contribution in [0.25, 0.3) is 0 Å². The molecule has 3 unspecified atom stereocenters. The minimum absolute atomic E-state index is 0.327. The summed E-state index contributed by atoms with van der Waals surface area (Å²) in [7, 11) is 2.03. The number of hydrogen-bond acceptors (Lipinski definition) is 3. The Bertz CT molecular complexity index is 377. The Morgan fingerprint density at radius 3 is 2.63 bits per heavy atom. The summed E-state index contributed by atoms with van der Waals surface area (Å²) in [6, 6.07) is 8.82. The fourth-order valence-corrected chi connectivity index (χ4v) is 2.81. The molecule has 0 radical (unpaired) electrons. The minimum atomic E-state index is 0.327. The van der Waals surface area contributed by atoms with Crippen LogP contribution >= 0.6 is 0 Å². The van der Waals surface area contributed by atoms with Gasteiger partial charge in [0.25, 0.3) is 0 Å². The maximum atomic E-state index is 5.68. The Hall–Kier alpha value is -1.06. The van der Waals surface area contributed by atoms with Crippen molar-refractivity contribution in [3.63, 3.8) is 0 Å². The Balaban J connectivity index is 2.06. The maximum absolute atomic E-state index is 5.68. The molecule has 19 heavy (non-hydrogen) atoms. The Morgan fingerprint density at radius 2 is 2.11 bits per heavy atom. The average molecular weight is 263 g/mol. The van der Waals surface area contributed by atoms with Crippen LogP contribution in [0, 0.1) is 5.92 Å². The summed E-state index contributed by atoms with van der Waals surface area (Å²) in [5.41, 5.74) is 1.31. The highest BCUT2D eigenvalue weighted by atomic mass is 16.5. The summed E-state index contributed by atoms with van der Waals surface area (Å²) < 4.78 is 11.3. The molecule has 2 rings (SSSR count). The number of hydrogen-bond donors (Lipinski definition) is 1. The molecule has 1 aliphatic heterocycles. The van der Waals surface area contributed by atoms with E-state index in [2.05, 4.69) is 43.4 Å². The molecule has 1 aromatic carbocycles. The molecule has 0 saturated carbocycles. The van der Waals surface area contributed by atoms with Crippen LogP contribution in [0.2, 0.25) is 0 Å². The third-order valence-corrected chi connectivity index (χ3v) is 3.89. The first-order chi connectivity index (χ1) is 9.26. The van der Waals surface area contributed by atoms with E-state index in [9.17, 15) is 0 Å². The van der Waals surface area contributed by atoms with E-state index in [4.69, 9.17) is 9.47 Å². The first-order valence-electron chi connectivity index (χ1n) is 7.28. The molecule has 106 valence electrons. The van der Waals surface area contributed by atoms with Gasteiger partial charge in [0.05, 0.1) is 12.7 Å². The monoisotopic (exact) mass is 263 g/mol. The predicted molar refractivity (Wildman–Crippen MR) is 77.5 cm³/mol. The predicted octanol–water partition coefficient (Wildman–Crippen LogP) is 3.16. The molecule has 1 N–H and O–H groups in total. The van der Waals surface area contributed by atoms with Crippen molar-refractivity contribution >= 4 is 0 Å². The van der Waals surface area contributed by atoms with E-state index in [1.807, 2.05) is 7.05 Å². The molecule has 0 aromatic heterocycles. The minimum Gasteiger partial charge on any atom is -0.494 e. The molecular formula is C16H25NO2. The Morgan fingerprint density at radius 1 is 1.37 bits per heavy atom. The molecular weight excluding hydrogens is 238 g/mol. The van der Waals surface area contributed by atoms with Crippen molar-refractivity contribution < 1.29 is 9.47 Å². The van der Waals surface area contributed by atoms with Crippen molar-refractivity contribution in [2.24, 2.45) is 5.92 Å². The summed E-state index contributed by atoms with van der Waals surface area (Å²) in [4.78, 5) is 0. The topological polar surface area (TPSA) is 30.5 Å². The lowest BCUT2D eigenvalue weighted by atomic mass is 9.88. The van der Waals surface area contributed by atoms with Gasteiger partial charge in [-0.2, -0.15) is 0 Å². The lowest BCUT2D eigenvalue weighted by Gasteiger charge is -2.26. The number of rotatable bonds is 6. The molecule has 0 bridgehead atoms. The average Bonchev–Trinajstić information content (AvgIpc) is 2.85. The normalized spacial score (nSPS) is 24.4. The third-order valence-electron chi connectivity index (χ3n) is 3.89. The first-order valence-corrected chi connectivity index (χ1v) is 7.28. The second kappa shape index (κ2) is 6.92. The summed E-state index contributed by atoms with van der Waals surface area (Å²) in [5.74, 6) is 1.50. The van der Waals surface area contributed by atoms with E-state index in [-0.39, 0.29) is 0 Å². The zero-order chi connectivity index (χ0) is 13.7. The Kier molecular flexibility index (Phi) is 5.23. The third kappa shape index (κ3) is 3.48. The zero-order valence-electron chi connectivity index (χ0n) is 12.2.